The number of benzene rings is 2. The Hall–Kier alpha value is -2.91. The molecule has 6 heteroatoms. The van der Waals surface area contributed by atoms with Crippen molar-refractivity contribution in [3.05, 3.63) is 47.5 Å². The fourth-order valence-corrected chi connectivity index (χ4v) is 4.82. The van der Waals surface area contributed by atoms with Crippen LogP contribution in [0.5, 0.6) is 23.0 Å². The molecule has 180 valence electrons. The summed E-state index contributed by atoms with van der Waals surface area (Å²) in [7, 11) is 8.60. The first-order chi connectivity index (χ1) is 15.7. The standard InChI is InChI=1S/C27H38N2O4/c1-10-26(29(5)19(4)20-11-13-22(30-6)24(15-20)32-8)27(17-28,18(2)3)21-12-14-23(31-7)25(16-21)33-9/h11-16,18-19,26H,10H2,1-9H3. The van der Waals surface area contributed by atoms with Crippen molar-refractivity contribution in [1.82, 2.24) is 4.90 Å². The van der Waals surface area contributed by atoms with Gasteiger partial charge in [0, 0.05) is 12.1 Å². The third-order valence-electron chi connectivity index (χ3n) is 6.86. The lowest BCUT2D eigenvalue weighted by Crippen LogP contribution is -2.52. The molecule has 0 radical (unpaired) electrons. The van der Waals surface area contributed by atoms with Gasteiger partial charge in [-0.25, -0.2) is 0 Å². The first kappa shape index (κ1) is 26.3. The van der Waals surface area contributed by atoms with Gasteiger partial charge in [-0.1, -0.05) is 32.9 Å². The number of nitriles is 1. The highest BCUT2D eigenvalue weighted by molar-refractivity contribution is 5.49. The van der Waals surface area contributed by atoms with E-state index in [9.17, 15) is 5.26 Å². The van der Waals surface area contributed by atoms with Crippen molar-refractivity contribution >= 4 is 0 Å². The molecule has 0 fully saturated rings. The summed E-state index contributed by atoms with van der Waals surface area (Å²) in [6.07, 6.45) is 0.800. The molecule has 3 unspecified atom stereocenters. The van der Waals surface area contributed by atoms with Gasteiger partial charge < -0.3 is 18.9 Å². The van der Waals surface area contributed by atoms with Crippen LogP contribution < -0.4 is 18.9 Å². The molecule has 0 saturated carbocycles. The zero-order valence-corrected chi connectivity index (χ0v) is 21.4. The highest BCUT2D eigenvalue weighted by atomic mass is 16.5. The normalized spacial score (nSPS) is 14.8. The summed E-state index contributed by atoms with van der Waals surface area (Å²) in [5, 5.41) is 10.7. The van der Waals surface area contributed by atoms with Crippen LogP contribution in [0.15, 0.2) is 36.4 Å². The molecular formula is C27H38N2O4. The van der Waals surface area contributed by atoms with Crippen LogP contribution in [0.25, 0.3) is 0 Å². The Morgan fingerprint density at radius 2 is 1.36 bits per heavy atom. The van der Waals surface area contributed by atoms with Gasteiger partial charge in [0.25, 0.3) is 0 Å². The van der Waals surface area contributed by atoms with Gasteiger partial charge in [0.2, 0.25) is 0 Å². The third-order valence-corrected chi connectivity index (χ3v) is 6.86. The molecule has 3 atom stereocenters. The Morgan fingerprint density at radius 1 is 0.848 bits per heavy atom. The maximum atomic E-state index is 10.7. The Morgan fingerprint density at radius 3 is 1.82 bits per heavy atom. The van der Waals surface area contributed by atoms with Crippen molar-refractivity contribution in [1.29, 1.82) is 5.26 Å². The second-order valence-corrected chi connectivity index (χ2v) is 8.59. The average molecular weight is 455 g/mol. The molecule has 33 heavy (non-hydrogen) atoms. The van der Waals surface area contributed by atoms with E-state index in [1.165, 1.54) is 0 Å². The van der Waals surface area contributed by atoms with Gasteiger partial charge in [-0.05, 0) is 61.7 Å². The summed E-state index contributed by atoms with van der Waals surface area (Å²) < 4.78 is 21.9. The smallest absolute Gasteiger partial charge is 0.161 e. The topological polar surface area (TPSA) is 64.0 Å². The Kier molecular flexibility index (Phi) is 9.01. The van der Waals surface area contributed by atoms with E-state index in [-0.39, 0.29) is 18.0 Å². The molecule has 0 amide bonds. The lowest BCUT2D eigenvalue weighted by molar-refractivity contribution is 0.104. The minimum atomic E-state index is -0.756. The SMILES string of the molecule is CCC(N(C)C(C)c1ccc(OC)c(OC)c1)C(C#N)(c1ccc(OC)c(OC)c1)C(C)C. The van der Waals surface area contributed by atoms with Crippen molar-refractivity contribution in [2.75, 3.05) is 35.5 Å². The van der Waals surface area contributed by atoms with Gasteiger partial charge in [-0.2, -0.15) is 5.26 Å². The molecular weight excluding hydrogens is 416 g/mol. The number of likely N-dealkylation sites (N-methyl/N-ethyl adjacent to an activating group) is 1. The van der Waals surface area contributed by atoms with Crippen molar-refractivity contribution in [2.24, 2.45) is 5.92 Å². The summed E-state index contributed by atoms with van der Waals surface area (Å²) in [4.78, 5) is 2.29. The average Bonchev–Trinajstić information content (AvgIpc) is 2.85. The molecule has 0 saturated heterocycles. The van der Waals surface area contributed by atoms with E-state index in [2.05, 4.69) is 51.8 Å². The molecule has 0 bridgehead atoms. The second kappa shape index (κ2) is 11.3. The first-order valence-corrected chi connectivity index (χ1v) is 11.3. The van der Waals surface area contributed by atoms with E-state index in [4.69, 9.17) is 18.9 Å². The van der Waals surface area contributed by atoms with Crippen LogP contribution in [0.4, 0.5) is 0 Å². The van der Waals surface area contributed by atoms with Gasteiger partial charge >= 0.3 is 0 Å². The number of rotatable bonds is 11. The van der Waals surface area contributed by atoms with E-state index in [1.807, 2.05) is 30.3 Å². The maximum Gasteiger partial charge on any atom is 0.161 e. The zero-order chi connectivity index (χ0) is 24.8. The van der Waals surface area contributed by atoms with Gasteiger partial charge in [-0.15, -0.1) is 0 Å². The molecule has 0 spiro atoms. The highest BCUT2D eigenvalue weighted by Gasteiger charge is 2.46. The molecule has 0 N–H and O–H groups in total. The monoisotopic (exact) mass is 454 g/mol. The van der Waals surface area contributed by atoms with Gasteiger partial charge in [-0.3, -0.25) is 4.90 Å². The van der Waals surface area contributed by atoms with Crippen molar-refractivity contribution < 1.29 is 18.9 Å². The lowest BCUT2D eigenvalue weighted by Gasteiger charge is -2.45. The minimum absolute atomic E-state index is 0.0429. The van der Waals surface area contributed by atoms with Crippen LogP contribution in [-0.2, 0) is 5.41 Å². The summed E-state index contributed by atoms with van der Waals surface area (Å²) in [6, 6.07) is 14.5. The fraction of sp³-hybridized carbons (Fsp3) is 0.519. The quantitative estimate of drug-likeness (QED) is 0.440. The van der Waals surface area contributed by atoms with Gasteiger partial charge in [0.1, 0.15) is 5.41 Å². The summed E-state index contributed by atoms with van der Waals surface area (Å²) in [5.41, 5.74) is 1.26. The van der Waals surface area contributed by atoms with E-state index in [0.717, 1.165) is 17.5 Å². The Labute approximate surface area is 199 Å². The van der Waals surface area contributed by atoms with Crippen molar-refractivity contribution in [2.45, 2.75) is 51.6 Å². The van der Waals surface area contributed by atoms with Crippen LogP contribution in [0.2, 0.25) is 0 Å². The number of hydrogen-bond acceptors (Lipinski definition) is 6. The van der Waals surface area contributed by atoms with Gasteiger partial charge in [0.15, 0.2) is 23.0 Å². The summed E-state index contributed by atoms with van der Waals surface area (Å²) in [5.74, 6) is 2.73. The maximum absolute atomic E-state index is 10.7. The molecule has 0 aliphatic heterocycles. The van der Waals surface area contributed by atoms with Crippen LogP contribution >= 0.6 is 0 Å². The summed E-state index contributed by atoms with van der Waals surface area (Å²) >= 11 is 0. The van der Waals surface area contributed by atoms with E-state index >= 15 is 0 Å². The predicted molar refractivity (Wildman–Crippen MR) is 131 cm³/mol. The van der Waals surface area contributed by atoms with E-state index < -0.39 is 5.41 Å². The molecule has 0 aliphatic rings. The largest absolute Gasteiger partial charge is 0.493 e. The molecule has 2 aromatic rings. The molecule has 0 heterocycles. The van der Waals surface area contributed by atoms with Crippen molar-refractivity contribution in [3.63, 3.8) is 0 Å². The Bertz CT molecular complexity index is 969. The fourth-order valence-electron chi connectivity index (χ4n) is 4.82. The first-order valence-electron chi connectivity index (χ1n) is 11.3. The van der Waals surface area contributed by atoms with Gasteiger partial charge in [0.05, 0.1) is 34.5 Å². The number of methoxy groups -OCH3 is 4. The summed E-state index contributed by atoms with van der Waals surface area (Å²) in [6.45, 7) is 8.51. The zero-order valence-electron chi connectivity index (χ0n) is 21.4. The molecule has 6 nitrogen and oxygen atoms in total. The minimum Gasteiger partial charge on any atom is -0.493 e. The van der Waals surface area contributed by atoms with Crippen LogP contribution in [0.1, 0.15) is 51.3 Å². The Balaban J connectivity index is 2.58. The van der Waals surface area contributed by atoms with Crippen LogP contribution in [0.3, 0.4) is 0 Å². The second-order valence-electron chi connectivity index (χ2n) is 8.59. The van der Waals surface area contributed by atoms with Crippen LogP contribution in [-0.4, -0.2) is 46.4 Å². The third kappa shape index (κ3) is 4.89. The molecule has 2 rings (SSSR count). The molecule has 2 aromatic carbocycles. The van der Waals surface area contributed by atoms with E-state index in [1.54, 1.807) is 28.4 Å². The van der Waals surface area contributed by atoms with Crippen molar-refractivity contribution in [3.8, 4) is 29.1 Å². The lowest BCUT2D eigenvalue weighted by atomic mass is 9.66. The molecule has 0 aromatic heterocycles. The highest BCUT2D eigenvalue weighted by Crippen LogP contribution is 2.44. The van der Waals surface area contributed by atoms with E-state index in [0.29, 0.717) is 23.0 Å². The number of nitrogens with zero attached hydrogens (tertiary/aromatic N) is 2. The number of hydrogen-bond donors (Lipinski definition) is 0. The predicted octanol–water partition coefficient (Wildman–Crippen LogP) is 5.61. The molecule has 0 aliphatic carbocycles. The van der Waals surface area contributed by atoms with Crippen LogP contribution in [0, 0.1) is 17.2 Å². The number of ether oxygens (including phenoxy) is 4.